The van der Waals surface area contributed by atoms with E-state index in [0.717, 1.165) is 29.2 Å². The van der Waals surface area contributed by atoms with Gasteiger partial charge in [0, 0.05) is 18.3 Å². The molecule has 15 heteroatoms. The molecule has 1 aliphatic heterocycles. The van der Waals surface area contributed by atoms with E-state index in [1.807, 2.05) is 19.1 Å². The predicted octanol–water partition coefficient (Wildman–Crippen LogP) is 5.91. The summed E-state index contributed by atoms with van der Waals surface area (Å²) in [5.74, 6) is -0.311. The first-order valence-electron chi connectivity index (χ1n) is 13.2. The fraction of sp³-hybridized carbons (Fsp3) is 0.286. The largest absolute Gasteiger partial charge is 0.416 e. The molecule has 0 spiro atoms. The molecule has 226 valence electrons. The van der Waals surface area contributed by atoms with Gasteiger partial charge in [-0.2, -0.15) is 17.5 Å². The summed E-state index contributed by atoms with van der Waals surface area (Å²) in [6.07, 6.45) is -1.98. The quantitative estimate of drug-likeness (QED) is 0.231. The molecule has 4 aromatic rings. The number of carbonyl (C=O) groups is 1. The summed E-state index contributed by atoms with van der Waals surface area (Å²) in [7, 11) is -3.91. The summed E-state index contributed by atoms with van der Waals surface area (Å²) in [5, 5.41) is 5.93. The maximum absolute atomic E-state index is 13.2. The normalized spacial score (nSPS) is 16.6. The van der Waals surface area contributed by atoms with E-state index in [1.165, 1.54) is 28.6 Å². The number of nitrogens with zero attached hydrogens (tertiary/aromatic N) is 4. The standard InChI is InChI=1S/C28H26ClF3N6O3S2/c1-17(21-5-2-3-13-33-21)35-27-36-20(15-22(37-27)18-7-9-19(10-8-18)28(30,31)32)16-34-26(39)23-6-4-14-38(23)43(40,41)25-12-11-24(29)42-25/h2-3,5,7-13,15,17,23H,4,6,14,16H2,1H3,(H,34,39)(H,35,36,37)/t17-,23+/m1/s1. The lowest BCUT2D eigenvalue weighted by atomic mass is 10.1. The van der Waals surface area contributed by atoms with Gasteiger partial charge in [-0.25, -0.2) is 18.4 Å². The molecule has 43 heavy (non-hydrogen) atoms. The third-order valence-electron chi connectivity index (χ3n) is 6.83. The average molecular weight is 651 g/mol. The van der Waals surface area contributed by atoms with Crippen molar-refractivity contribution in [2.45, 2.75) is 48.8 Å². The van der Waals surface area contributed by atoms with Crippen LogP contribution in [0.5, 0.6) is 0 Å². The average Bonchev–Trinajstić information content (AvgIpc) is 3.66. The molecule has 0 saturated carbocycles. The smallest absolute Gasteiger partial charge is 0.349 e. The maximum Gasteiger partial charge on any atom is 0.416 e. The van der Waals surface area contributed by atoms with Gasteiger partial charge >= 0.3 is 6.18 Å². The van der Waals surface area contributed by atoms with Crippen LogP contribution < -0.4 is 10.6 Å². The number of amides is 1. The summed E-state index contributed by atoms with van der Waals surface area (Å²) >= 11 is 6.86. The molecular formula is C28H26ClF3N6O3S2. The molecule has 1 aromatic carbocycles. The van der Waals surface area contributed by atoms with Gasteiger partial charge in [0.15, 0.2) is 0 Å². The number of aromatic nitrogens is 3. The van der Waals surface area contributed by atoms with E-state index < -0.39 is 33.7 Å². The van der Waals surface area contributed by atoms with Crippen molar-refractivity contribution in [1.82, 2.24) is 24.6 Å². The molecule has 5 rings (SSSR count). The Labute approximate surface area is 255 Å². The van der Waals surface area contributed by atoms with Gasteiger partial charge in [-0.05, 0) is 62.2 Å². The van der Waals surface area contributed by atoms with Gasteiger partial charge in [0.25, 0.3) is 10.0 Å². The second-order valence-electron chi connectivity index (χ2n) is 9.81. The van der Waals surface area contributed by atoms with Gasteiger partial charge in [-0.3, -0.25) is 9.78 Å². The number of halogens is 4. The van der Waals surface area contributed by atoms with Crippen LogP contribution in [0.25, 0.3) is 11.3 Å². The molecule has 9 nitrogen and oxygen atoms in total. The monoisotopic (exact) mass is 650 g/mol. The van der Waals surface area contributed by atoms with Crippen LogP contribution >= 0.6 is 22.9 Å². The Hall–Kier alpha value is -3.59. The van der Waals surface area contributed by atoms with Crippen molar-refractivity contribution in [3.8, 4) is 11.3 Å². The minimum absolute atomic E-state index is 0.0620. The minimum atomic E-state index is -4.48. The Morgan fingerprint density at radius 2 is 1.91 bits per heavy atom. The number of thiophene rings is 1. The molecule has 1 fully saturated rings. The zero-order valence-electron chi connectivity index (χ0n) is 22.7. The van der Waals surface area contributed by atoms with Crippen molar-refractivity contribution >= 4 is 44.8 Å². The van der Waals surface area contributed by atoms with E-state index in [0.29, 0.717) is 34.1 Å². The zero-order chi connectivity index (χ0) is 30.8. The first kappa shape index (κ1) is 30.9. The molecule has 4 heterocycles. The highest BCUT2D eigenvalue weighted by Gasteiger charge is 2.40. The molecule has 1 saturated heterocycles. The van der Waals surface area contributed by atoms with E-state index in [4.69, 9.17) is 11.6 Å². The Balaban J connectivity index is 1.38. The highest BCUT2D eigenvalue weighted by atomic mass is 35.5. The topological polar surface area (TPSA) is 117 Å². The summed E-state index contributed by atoms with van der Waals surface area (Å²) in [4.78, 5) is 26.6. The SMILES string of the molecule is C[C@@H](Nc1nc(CNC(=O)[C@@H]2CCCN2S(=O)(=O)c2ccc(Cl)s2)cc(-c2ccc(C(F)(F)F)cc2)n1)c1ccccn1. The van der Waals surface area contributed by atoms with Crippen LogP contribution in [-0.2, 0) is 27.5 Å². The number of anilines is 1. The third kappa shape index (κ3) is 7.15. The number of hydrogen-bond acceptors (Lipinski definition) is 8. The number of rotatable bonds is 9. The van der Waals surface area contributed by atoms with Crippen molar-refractivity contribution in [1.29, 1.82) is 0 Å². The predicted molar refractivity (Wildman–Crippen MR) is 157 cm³/mol. The summed E-state index contributed by atoms with van der Waals surface area (Å²) in [6, 6.07) is 13.3. The van der Waals surface area contributed by atoms with E-state index in [-0.39, 0.29) is 29.3 Å². The van der Waals surface area contributed by atoms with E-state index in [9.17, 15) is 26.4 Å². The van der Waals surface area contributed by atoms with Gasteiger partial charge in [-0.1, -0.05) is 29.8 Å². The van der Waals surface area contributed by atoms with Crippen LogP contribution in [-0.4, -0.2) is 46.2 Å². The molecular weight excluding hydrogens is 625 g/mol. The van der Waals surface area contributed by atoms with Crippen molar-refractivity contribution < 1.29 is 26.4 Å². The summed E-state index contributed by atoms with van der Waals surface area (Å²) in [6.45, 7) is 1.98. The molecule has 0 bridgehead atoms. The van der Waals surface area contributed by atoms with E-state index >= 15 is 0 Å². The molecule has 2 N–H and O–H groups in total. The number of pyridine rings is 1. The van der Waals surface area contributed by atoms with Crippen LogP contribution in [0.2, 0.25) is 4.34 Å². The highest BCUT2D eigenvalue weighted by molar-refractivity contribution is 7.91. The first-order valence-corrected chi connectivity index (χ1v) is 15.8. The van der Waals surface area contributed by atoms with Crippen LogP contribution in [0.15, 0.2) is 71.1 Å². The third-order valence-corrected chi connectivity index (χ3v) is 10.4. The Morgan fingerprint density at radius 1 is 1.14 bits per heavy atom. The summed E-state index contributed by atoms with van der Waals surface area (Å²) in [5.41, 5.74) is 1.05. The number of hydrogen-bond donors (Lipinski definition) is 2. The second-order valence-corrected chi connectivity index (χ2v) is 13.6. The Bertz CT molecular complexity index is 1700. The van der Waals surface area contributed by atoms with Crippen LogP contribution in [0.4, 0.5) is 19.1 Å². The number of benzene rings is 1. The van der Waals surface area contributed by atoms with Gasteiger partial charge in [0.1, 0.15) is 10.3 Å². The lowest BCUT2D eigenvalue weighted by Crippen LogP contribution is -2.45. The summed E-state index contributed by atoms with van der Waals surface area (Å²) < 4.78 is 67.3. The number of nitrogens with one attached hydrogen (secondary N) is 2. The van der Waals surface area contributed by atoms with Crippen molar-refractivity contribution in [3.05, 3.63) is 88.1 Å². The maximum atomic E-state index is 13.2. The fourth-order valence-corrected chi connectivity index (χ4v) is 7.94. The highest BCUT2D eigenvalue weighted by Crippen LogP contribution is 2.33. The van der Waals surface area contributed by atoms with Gasteiger partial charge in [-0.15, -0.1) is 11.3 Å². The molecule has 0 aliphatic carbocycles. The van der Waals surface area contributed by atoms with Crippen molar-refractivity contribution in [2.75, 3.05) is 11.9 Å². The molecule has 0 radical (unpaired) electrons. The Morgan fingerprint density at radius 3 is 2.56 bits per heavy atom. The second kappa shape index (κ2) is 12.6. The van der Waals surface area contributed by atoms with E-state index in [2.05, 4.69) is 25.6 Å². The van der Waals surface area contributed by atoms with Crippen LogP contribution in [0.3, 0.4) is 0 Å². The number of sulfonamides is 1. The lowest BCUT2D eigenvalue weighted by Gasteiger charge is -2.22. The molecule has 2 atom stereocenters. The van der Waals surface area contributed by atoms with Gasteiger partial charge in [0.2, 0.25) is 11.9 Å². The van der Waals surface area contributed by atoms with Crippen molar-refractivity contribution in [2.24, 2.45) is 0 Å². The van der Waals surface area contributed by atoms with E-state index in [1.54, 1.807) is 18.3 Å². The molecule has 1 aliphatic rings. The van der Waals surface area contributed by atoms with Crippen LogP contribution in [0.1, 0.15) is 42.8 Å². The Kier molecular flexibility index (Phi) is 9.02. The zero-order valence-corrected chi connectivity index (χ0v) is 25.1. The van der Waals surface area contributed by atoms with Crippen molar-refractivity contribution in [3.63, 3.8) is 0 Å². The minimum Gasteiger partial charge on any atom is -0.349 e. The first-order chi connectivity index (χ1) is 20.4. The van der Waals surface area contributed by atoms with Crippen LogP contribution in [0, 0.1) is 0 Å². The number of alkyl halides is 3. The molecule has 1 amide bonds. The molecule has 0 unspecified atom stereocenters. The molecule has 3 aromatic heterocycles. The lowest BCUT2D eigenvalue weighted by molar-refractivity contribution is -0.137. The van der Waals surface area contributed by atoms with Gasteiger partial charge < -0.3 is 10.6 Å². The van der Waals surface area contributed by atoms with Gasteiger partial charge in [0.05, 0.1) is 39.6 Å². The fourth-order valence-electron chi connectivity index (χ4n) is 4.67. The number of carbonyl (C=O) groups excluding carboxylic acids is 1.